The number of alkyl halides is 1. The quantitative estimate of drug-likeness (QED) is 0.241. The normalized spacial score (nSPS) is 20.9. The van der Waals surface area contributed by atoms with Crippen molar-refractivity contribution >= 4 is 23.1 Å². The van der Waals surface area contributed by atoms with Crippen LogP contribution >= 0.6 is 11.6 Å². The van der Waals surface area contributed by atoms with Gasteiger partial charge in [-0.15, -0.1) is 0 Å². The molecule has 1 aromatic rings. The molecule has 6 nitrogen and oxygen atoms in total. The average Bonchev–Trinajstić information content (AvgIpc) is 3.07. The number of aliphatic imine (C=N–C) groups is 1. The van der Waals surface area contributed by atoms with Crippen LogP contribution in [-0.4, -0.2) is 72.2 Å². The van der Waals surface area contributed by atoms with Crippen molar-refractivity contribution in [3.8, 4) is 5.75 Å². The van der Waals surface area contributed by atoms with Crippen LogP contribution in [0.4, 0.5) is 0 Å². The van der Waals surface area contributed by atoms with Crippen LogP contribution in [0, 0.1) is 0 Å². The lowest BCUT2D eigenvalue weighted by molar-refractivity contribution is 0.217. The molecule has 0 N–H and O–H groups in total. The van der Waals surface area contributed by atoms with E-state index in [-0.39, 0.29) is 5.50 Å². The van der Waals surface area contributed by atoms with E-state index in [9.17, 15) is 0 Å². The van der Waals surface area contributed by atoms with Gasteiger partial charge in [0.15, 0.2) is 5.84 Å². The van der Waals surface area contributed by atoms with Crippen LogP contribution in [0.3, 0.4) is 0 Å². The fourth-order valence-corrected chi connectivity index (χ4v) is 3.49. The number of allylic oxidation sites excluding steroid dienone is 1. The maximum atomic E-state index is 6.62. The van der Waals surface area contributed by atoms with Gasteiger partial charge >= 0.3 is 0 Å². The predicted octanol–water partition coefficient (Wildman–Crippen LogP) is 3.17. The molecule has 1 unspecified atom stereocenters. The lowest BCUT2D eigenvalue weighted by atomic mass is 10.2. The first-order chi connectivity index (χ1) is 13.5. The number of hydrazone groups is 1. The molecule has 1 aromatic carbocycles. The Bertz CT molecular complexity index is 766. The van der Waals surface area contributed by atoms with E-state index in [1.165, 1.54) is 0 Å². The van der Waals surface area contributed by atoms with Gasteiger partial charge in [-0.05, 0) is 30.8 Å². The van der Waals surface area contributed by atoms with Gasteiger partial charge in [0, 0.05) is 32.6 Å². The molecule has 1 fully saturated rings. The third kappa shape index (κ3) is 4.94. The summed E-state index contributed by atoms with van der Waals surface area (Å²) >= 11 is 6.62. The van der Waals surface area contributed by atoms with E-state index >= 15 is 0 Å². The number of rotatable bonds is 6. The number of likely N-dealkylation sites (N-methyl/N-ethyl adjacent to an activating group) is 1. The zero-order valence-corrected chi connectivity index (χ0v) is 17.4. The van der Waals surface area contributed by atoms with Gasteiger partial charge in [0.2, 0.25) is 0 Å². The van der Waals surface area contributed by atoms with Gasteiger partial charge in [-0.2, -0.15) is 5.10 Å². The average molecular weight is 402 g/mol. The Balaban J connectivity index is 1.79. The number of hydrogen-bond acceptors (Lipinski definition) is 5. The number of ether oxygens (including phenoxy) is 1. The zero-order valence-electron chi connectivity index (χ0n) is 16.6. The summed E-state index contributed by atoms with van der Waals surface area (Å²) < 4.78 is 5.22. The lowest BCUT2D eigenvalue weighted by Gasteiger charge is -2.34. The van der Waals surface area contributed by atoms with Crippen molar-refractivity contribution in [2.75, 3.05) is 40.3 Å². The number of amidine groups is 1. The van der Waals surface area contributed by atoms with Crippen LogP contribution in [-0.2, 0) is 6.54 Å². The standard InChI is InChI=1S/C21H28ClN5O/c1-5-16(2)23-21(26-12-10-25(3)11-13-26)19-14-20(22)27(24-19)15-17-6-8-18(28-4)9-7-17/h5-9,20H,1-2,10-15H2,3-4H3. The Morgan fingerprint density at radius 2 is 1.96 bits per heavy atom. The maximum absolute atomic E-state index is 6.62. The summed E-state index contributed by atoms with van der Waals surface area (Å²) in [6, 6.07) is 7.96. The molecular formula is C21H28ClN5O. The van der Waals surface area contributed by atoms with Gasteiger partial charge in [-0.3, -0.25) is 5.01 Å². The molecule has 3 rings (SSSR count). The Morgan fingerprint density at radius 3 is 2.57 bits per heavy atom. The van der Waals surface area contributed by atoms with Crippen molar-refractivity contribution in [2.45, 2.75) is 18.5 Å². The van der Waals surface area contributed by atoms with E-state index in [2.05, 4.69) is 30.0 Å². The van der Waals surface area contributed by atoms with Crippen LogP contribution in [0.2, 0.25) is 0 Å². The summed E-state index contributed by atoms with van der Waals surface area (Å²) in [4.78, 5) is 9.29. The van der Waals surface area contributed by atoms with Crippen molar-refractivity contribution in [3.05, 3.63) is 54.8 Å². The third-order valence-electron chi connectivity index (χ3n) is 4.98. The number of nitrogens with zero attached hydrogens (tertiary/aromatic N) is 5. The minimum Gasteiger partial charge on any atom is -0.497 e. The monoisotopic (exact) mass is 401 g/mol. The summed E-state index contributed by atoms with van der Waals surface area (Å²) in [7, 11) is 3.80. The first kappa shape index (κ1) is 20.4. The van der Waals surface area contributed by atoms with Crippen LogP contribution < -0.4 is 4.74 Å². The molecule has 0 aliphatic carbocycles. The van der Waals surface area contributed by atoms with Crippen molar-refractivity contribution in [1.82, 2.24) is 14.8 Å². The molecule has 1 saturated heterocycles. The minimum atomic E-state index is -0.202. The van der Waals surface area contributed by atoms with E-state index in [4.69, 9.17) is 26.4 Å². The molecule has 7 heteroatoms. The number of halogens is 1. The van der Waals surface area contributed by atoms with Crippen molar-refractivity contribution in [1.29, 1.82) is 0 Å². The summed E-state index contributed by atoms with van der Waals surface area (Å²) in [5.74, 6) is 1.70. The highest BCUT2D eigenvalue weighted by Gasteiger charge is 2.31. The molecule has 0 saturated carbocycles. The number of piperazine rings is 1. The van der Waals surface area contributed by atoms with Gasteiger partial charge in [-0.1, -0.05) is 36.9 Å². The smallest absolute Gasteiger partial charge is 0.152 e. The minimum absolute atomic E-state index is 0.202. The Labute approximate surface area is 172 Å². The number of hydrogen-bond donors (Lipinski definition) is 0. The fraction of sp³-hybridized carbons (Fsp3) is 0.429. The van der Waals surface area contributed by atoms with Crippen LogP contribution in [0.25, 0.3) is 0 Å². The number of benzene rings is 1. The van der Waals surface area contributed by atoms with Crippen molar-refractivity contribution in [2.24, 2.45) is 10.1 Å². The van der Waals surface area contributed by atoms with Crippen molar-refractivity contribution < 1.29 is 4.74 Å². The van der Waals surface area contributed by atoms with E-state index in [1.54, 1.807) is 13.2 Å². The summed E-state index contributed by atoms with van der Waals surface area (Å²) in [5.41, 5.74) is 2.47. The molecule has 0 bridgehead atoms. The van der Waals surface area contributed by atoms with Gasteiger partial charge in [0.25, 0.3) is 0 Å². The Morgan fingerprint density at radius 1 is 1.29 bits per heavy atom. The molecule has 0 radical (unpaired) electrons. The molecule has 0 aromatic heterocycles. The van der Waals surface area contributed by atoms with E-state index in [0.717, 1.165) is 49.0 Å². The van der Waals surface area contributed by atoms with E-state index in [0.29, 0.717) is 18.7 Å². The van der Waals surface area contributed by atoms with Crippen LogP contribution in [0.1, 0.15) is 12.0 Å². The van der Waals surface area contributed by atoms with Gasteiger partial charge < -0.3 is 14.5 Å². The SMILES string of the molecule is C=CC(=C)N=C(C1=NN(Cc2ccc(OC)cc2)C(Cl)C1)N1CCN(C)CC1. The van der Waals surface area contributed by atoms with E-state index in [1.807, 2.05) is 29.3 Å². The molecule has 2 aliphatic heterocycles. The highest BCUT2D eigenvalue weighted by atomic mass is 35.5. The van der Waals surface area contributed by atoms with Crippen LogP contribution in [0.15, 0.2) is 59.3 Å². The van der Waals surface area contributed by atoms with Gasteiger partial charge in [-0.25, -0.2) is 4.99 Å². The summed E-state index contributed by atoms with van der Waals surface area (Å²) in [6.45, 7) is 12.2. The van der Waals surface area contributed by atoms with Crippen molar-refractivity contribution in [3.63, 3.8) is 0 Å². The molecule has 28 heavy (non-hydrogen) atoms. The topological polar surface area (TPSA) is 43.7 Å². The largest absolute Gasteiger partial charge is 0.497 e. The lowest BCUT2D eigenvalue weighted by Crippen LogP contribution is -2.49. The second-order valence-electron chi connectivity index (χ2n) is 7.05. The first-order valence-corrected chi connectivity index (χ1v) is 9.89. The Hall–Kier alpha value is -2.31. The molecule has 0 spiro atoms. The Kier molecular flexibility index (Phi) is 6.75. The molecule has 0 amide bonds. The highest BCUT2D eigenvalue weighted by Crippen LogP contribution is 2.24. The predicted molar refractivity (Wildman–Crippen MR) is 116 cm³/mol. The first-order valence-electron chi connectivity index (χ1n) is 9.45. The van der Waals surface area contributed by atoms with Crippen LogP contribution in [0.5, 0.6) is 5.75 Å². The number of methoxy groups -OCH3 is 1. The summed E-state index contributed by atoms with van der Waals surface area (Å²) in [5, 5.41) is 6.73. The molecular weight excluding hydrogens is 374 g/mol. The molecule has 2 aliphatic rings. The highest BCUT2D eigenvalue weighted by molar-refractivity contribution is 6.43. The maximum Gasteiger partial charge on any atom is 0.152 e. The zero-order chi connectivity index (χ0) is 20.1. The van der Waals surface area contributed by atoms with Gasteiger partial charge in [0.1, 0.15) is 17.0 Å². The van der Waals surface area contributed by atoms with E-state index < -0.39 is 0 Å². The fourth-order valence-electron chi connectivity index (χ4n) is 3.23. The third-order valence-corrected chi connectivity index (χ3v) is 5.36. The van der Waals surface area contributed by atoms with Gasteiger partial charge in [0.05, 0.1) is 19.4 Å². The second kappa shape index (κ2) is 9.26. The second-order valence-corrected chi connectivity index (χ2v) is 7.56. The summed E-state index contributed by atoms with van der Waals surface area (Å²) in [6.07, 6.45) is 2.31. The molecule has 1 atom stereocenters. The molecule has 2 heterocycles. The molecule has 150 valence electrons.